The quantitative estimate of drug-likeness (QED) is 0.764. The topological polar surface area (TPSA) is 114 Å². The highest BCUT2D eigenvalue weighted by atomic mass is 32.2. The number of primary sulfonamides is 1. The van der Waals surface area contributed by atoms with E-state index in [9.17, 15) is 13.2 Å². The van der Waals surface area contributed by atoms with Crippen molar-refractivity contribution < 1.29 is 13.2 Å². The molecule has 1 unspecified atom stereocenters. The third-order valence-corrected chi connectivity index (χ3v) is 4.19. The van der Waals surface area contributed by atoms with E-state index in [1.807, 2.05) is 12.1 Å². The molecule has 1 aromatic heterocycles. The Labute approximate surface area is 135 Å². The van der Waals surface area contributed by atoms with Gasteiger partial charge in [-0.1, -0.05) is 12.1 Å². The highest BCUT2D eigenvalue weighted by Crippen LogP contribution is 2.15. The largest absolute Gasteiger partial charge is 0.334 e. The molecule has 1 heterocycles. The third-order valence-electron chi connectivity index (χ3n) is 3.26. The molecule has 122 valence electrons. The predicted molar refractivity (Wildman–Crippen MR) is 85.8 cm³/mol. The normalized spacial score (nSPS) is 12.4. The zero-order chi connectivity index (χ0) is 16.9. The van der Waals surface area contributed by atoms with Crippen LogP contribution in [-0.2, 0) is 16.6 Å². The average molecular weight is 334 g/mol. The number of pyridine rings is 1. The number of carbonyl (C=O) groups excluding carboxylic acids is 1. The van der Waals surface area contributed by atoms with Crippen LogP contribution in [0.4, 0.5) is 4.79 Å². The molecule has 2 amide bonds. The van der Waals surface area contributed by atoms with Crippen LogP contribution < -0.4 is 15.8 Å². The van der Waals surface area contributed by atoms with E-state index in [1.54, 1.807) is 31.5 Å². The Kier molecular flexibility index (Phi) is 5.30. The van der Waals surface area contributed by atoms with Crippen LogP contribution >= 0.6 is 0 Å². The van der Waals surface area contributed by atoms with Gasteiger partial charge >= 0.3 is 6.03 Å². The minimum Gasteiger partial charge on any atom is -0.334 e. The lowest BCUT2D eigenvalue weighted by Gasteiger charge is -2.15. The third kappa shape index (κ3) is 5.04. The van der Waals surface area contributed by atoms with Crippen LogP contribution in [-0.4, -0.2) is 19.4 Å². The standard InChI is InChI=1S/C15H18N4O3S/c1-11(13-2-4-14(5-3-13)23(16,21)22)19-15(20)18-10-12-6-8-17-9-7-12/h2-9,11H,10H2,1H3,(H2,16,21,22)(H2,18,19,20). The molecule has 0 aliphatic heterocycles. The molecule has 2 rings (SSSR count). The number of carbonyl (C=O) groups is 1. The first-order chi connectivity index (χ1) is 10.9. The van der Waals surface area contributed by atoms with Gasteiger partial charge in [0.1, 0.15) is 0 Å². The van der Waals surface area contributed by atoms with Crippen molar-refractivity contribution in [3.05, 3.63) is 59.9 Å². The average Bonchev–Trinajstić information content (AvgIpc) is 2.53. The lowest BCUT2D eigenvalue weighted by molar-refractivity contribution is 0.237. The zero-order valence-corrected chi connectivity index (χ0v) is 13.4. The summed E-state index contributed by atoms with van der Waals surface area (Å²) in [5, 5.41) is 10.6. The fourth-order valence-electron chi connectivity index (χ4n) is 1.96. The Balaban J connectivity index is 1.90. The van der Waals surface area contributed by atoms with E-state index < -0.39 is 10.0 Å². The number of nitrogens with two attached hydrogens (primary N) is 1. The summed E-state index contributed by atoms with van der Waals surface area (Å²) >= 11 is 0. The number of sulfonamides is 1. The highest BCUT2D eigenvalue weighted by Gasteiger charge is 2.11. The van der Waals surface area contributed by atoms with Crippen molar-refractivity contribution >= 4 is 16.1 Å². The summed E-state index contributed by atoms with van der Waals surface area (Å²) in [7, 11) is -3.71. The predicted octanol–water partition coefficient (Wildman–Crippen LogP) is 1.29. The molecule has 2 aromatic rings. The summed E-state index contributed by atoms with van der Waals surface area (Å²) in [5.41, 5.74) is 1.72. The molecule has 0 aliphatic carbocycles. The molecule has 0 spiro atoms. The van der Waals surface area contributed by atoms with Crippen molar-refractivity contribution in [2.45, 2.75) is 24.4 Å². The van der Waals surface area contributed by atoms with E-state index in [0.717, 1.165) is 11.1 Å². The fraction of sp³-hybridized carbons (Fsp3) is 0.200. The summed E-state index contributed by atoms with van der Waals surface area (Å²) in [6.07, 6.45) is 3.31. The van der Waals surface area contributed by atoms with Gasteiger partial charge in [-0.2, -0.15) is 0 Å². The van der Waals surface area contributed by atoms with Crippen molar-refractivity contribution in [3.8, 4) is 0 Å². The van der Waals surface area contributed by atoms with Gasteiger partial charge in [-0.25, -0.2) is 18.4 Å². The van der Waals surface area contributed by atoms with Gasteiger partial charge < -0.3 is 10.6 Å². The number of aromatic nitrogens is 1. The Morgan fingerprint density at radius 1 is 1.17 bits per heavy atom. The minimum atomic E-state index is -3.71. The number of rotatable bonds is 5. The van der Waals surface area contributed by atoms with Crippen molar-refractivity contribution in [2.24, 2.45) is 5.14 Å². The van der Waals surface area contributed by atoms with Gasteiger partial charge in [0.15, 0.2) is 0 Å². The first-order valence-electron chi connectivity index (χ1n) is 6.92. The van der Waals surface area contributed by atoms with E-state index in [0.29, 0.717) is 6.54 Å². The van der Waals surface area contributed by atoms with Gasteiger partial charge in [-0.3, -0.25) is 4.98 Å². The maximum atomic E-state index is 11.9. The maximum Gasteiger partial charge on any atom is 0.315 e. The van der Waals surface area contributed by atoms with Crippen LogP contribution in [0.5, 0.6) is 0 Å². The second-order valence-electron chi connectivity index (χ2n) is 5.02. The number of benzene rings is 1. The lowest BCUT2D eigenvalue weighted by atomic mass is 10.1. The molecule has 4 N–H and O–H groups in total. The van der Waals surface area contributed by atoms with Gasteiger partial charge in [0.2, 0.25) is 10.0 Å². The summed E-state index contributed by atoms with van der Waals surface area (Å²) in [6, 6.07) is 9.11. The molecule has 0 fully saturated rings. The molecule has 0 radical (unpaired) electrons. The Morgan fingerprint density at radius 2 is 1.78 bits per heavy atom. The Morgan fingerprint density at radius 3 is 2.35 bits per heavy atom. The first kappa shape index (κ1) is 16.9. The lowest BCUT2D eigenvalue weighted by Crippen LogP contribution is -2.36. The molecule has 0 saturated carbocycles. The van der Waals surface area contributed by atoms with E-state index >= 15 is 0 Å². The number of hydrogen-bond acceptors (Lipinski definition) is 4. The molecule has 1 aromatic carbocycles. The monoisotopic (exact) mass is 334 g/mol. The molecule has 7 nitrogen and oxygen atoms in total. The fourth-order valence-corrected chi connectivity index (χ4v) is 2.48. The number of nitrogens with zero attached hydrogens (tertiary/aromatic N) is 1. The second kappa shape index (κ2) is 7.21. The van der Waals surface area contributed by atoms with E-state index in [-0.39, 0.29) is 17.0 Å². The Bertz CT molecular complexity index is 761. The second-order valence-corrected chi connectivity index (χ2v) is 6.58. The highest BCUT2D eigenvalue weighted by molar-refractivity contribution is 7.89. The van der Waals surface area contributed by atoms with Gasteiger partial charge in [0.25, 0.3) is 0 Å². The van der Waals surface area contributed by atoms with Crippen LogP contribution in [0.15, 0.2) is 53.7 Å². The zero-order valence-electron chi connectivity index (χ0n) is 12.6. The van der Waals surface area contributed by atoms with E-state index in [4.69, 9.17) is 5.14 Å². The van der Waals surface area contributed by atoms with Crippen molar-refractivity contribution in [2.75, 3.05) is 0 Å². The van der Waals surface area contributed by atoms with Crippen LogP contribution in [0.3, 0.4) is 0 Å². The van der Waals surface area contributed by atoms with E-state index in [1.165, 1.54) is 12.1 Å². The SMILES string of the molecule is CC(NC(=O)NCc1ccncc1)c1ccc(S(N)(=O)=O)cc1. The van der Waals surface area contributed by atoms with Crippen molar-refractivity contribution in [1.29, 1.82) is 0 Å². The van der Waals surface area contributed by atoms with Crippen LogP contribution in [0.25, 0.3) is 0 Å². The number of nitrogens with one attached hydrogen (secondary N) is 2. The van der Waals surface area contributed by atoms with Crippen molar-refractivity contribution in [1.82, 2.24) is 15.6 Å². The van der Waals surface area contributed by atoms with Gasteiger partial charge in [0, 0.05) is 18.9 Å². The summed E-state index contributed by atoms with van der Waals surface area (Å²) in [6.45, 7) is 2.20. The molecule has 0 saturated heterocycles. The first-order valence-corrected chi connectivity index (χ1v) is 8.47. The number of amides is 2. The molecule has 0 bridgehead atoms. The molecule has 0 aliphatic rings. The van der Waals surface area contributed by atoms with Gasteiger partial charge in [0.05, 0.1) is 10.9 Å². The van der Waals surface area contributed by atoms with Gasteiger partial charge in [-0.15, -0.1) is 0 Å². The molecule has 23 heavy (non-hydrogen) atoms. The van der Waals surface area contributed by atoms with E-state index in [2.05, 4.69) is 15.6 Å². The summed E-state index contributed by atoms with van der Waals surface area (Å²) in [4.78, 5) is 15.8. The van der Waals surface area contributed by atoms with Crippen molar-refractivity contribution in [3.63, 3.8) is 0 Å². The number of urea groups is 1. The number of hydrogen-bond donors (Lipinski definition) is 3. The maximum absolute atomic E-state index is 11.9. The summed E-state index contributed by atoms with van der Waals surface area (Å²) < 4.78 is 22.4. The summed E-state index contributed by atoms with van der Waals surface area (Å²) in [5.74, 6) is 0. The van der Waals surface area contributed by atoms with Crippen LogP contribution in [0, 0.1) is 0 Å². The molecule has 1 atom stereocenters. The molecular weight excluding hydrogens is 316 g/mol. The Hall–Kier alpha value is -2.45. The molecule has 8 heteroatoms. The smallest absolute Gasteiger partial charge is 0.315 e. The molecular formula is C15H18N4O3S. The van der Waals surface area contributed by atoms with Gasteiger partial charge in [-0.05, 0) is 42.3 Å². The van der Waals surface area contributed by atoms with Crippen LogP contribution in [0.1, 0.15) is 24.1 Å². The van der Waals surface area contributed by atoms with Crippen LogP contribution in [0.2, 0.25) is 0 Å². The minimum absolute atomic E-state index is 0.0376.